The molecule has 3 aromatic carbocycles. The second-order valence-corrected chi connectivity index (χ2v) is 7.63. The number of carbonyl (C=O) groups is 2. The average Bonchev–Trinajstić information content (AvgIpc) is 3.18. The van der Waals surface area contributed by atoms with E-state index in [9.17, 15) is 22.8 Å². The molecule has 4 aromatic rings. The molecule has 0 saturated carbocycles. The van der Waals surface area contributed by atoms with Crippen LogP contribution in [0.15, 0.2) is 78.9 Å². The van der Waals surface area contributed by atoms with E-state index in [1.807, 2.05) is 59.2 Å². The fourth-order valence-electron chi connectivity index (χ4n) is 3.51. The van der Waals surface area contributed by atoms with Crippen LogP contribution < -0.4 is 10.6 Å². The molecular weight excluding hydrogens is 445 g/mol. The van der Waals surface area contributed by atoms with Gasteiger partial charge in [-0.25, -0.2) is 4.98 Å². The molecule has 9 heteroatoms. The van der Waals surface area contributed by atoms with Crippen LogP contribution in [-0.4, -0.2) is 27.9 Å². The zero-order valence-electron chi connectivity index (χ0n) is 18.0. The van der Waals surface area contributed by atoms with Gasteiger partial charge in [0, 0.05) is 25.2 Å². The molecule has 1 aromatic heterocycles. The Morgan fingerprint density at radius 1 is 0.882 bits per heavy atom. The van der Waals surface area contributed by atoms with Crippen molar-refractivity contribution in [1.29, 1.82) is 0 Å². The molecule has 4 rings (SSSR count). The van der Waals surface area contributed by atoms with Crippen molar-refractivity contribution < 1.29 is 22.8 Å². The van der Waals surface area contributed by atoms with E-state index in [1.165, 1.54) is 12.1 Å². The summed E-state index contributed by atoms with van der Waals surface area (Å²) in [5, 5.41) is 5.22. The standard InChI is InChI=1S/C25H21F3N4O2/c26-25(27,28)18-10-12-19(13-11-18)30-22(33)14-15-29-24(34)23-31-20-8-4-5-9-21(20)32(23)16-17-6-2-1-3-7-17/h1-13H,14-16H2,(H,29,34)(H,30,33). The van der Waals surface area contributed by atoms with Crippen molar-refractivity contribution in [3.63, 3.8) is 0 Å². The van der Waals surface area contributed by atoms with Crippen molar-refractivity contribution in [2.24, 2.45) is 0 Å². The van der Waals surface area contributed by atoms with Gasteiger partial charge < -0.3 is 15.2 Å². The van der Waals surface area contributed by atoms with Gasteiger partial charge in [-0.2, -0.15) is 13.2 Å². The molecule has 0 spiro atoms. The van der Waals surface area contributed by atoms with Gasteiger partial charge in [0.25, 0.3) is 5.91 Å². The largest absolute Gasteiger partial charge is 0.416 e. The first-order valence-electron chi connectivity index (χ1n) is 10.6. The Morgan fingerprint density at radius 2 is 1.56 bits per heavy atom. The maximum Gasteiger partial charge on any atom is 0.416 e. The number of halogens is 3. The maximum atomic E-state index is 12.9. The minimum absolute atomic E-state index is 0.0415. The Bertz CT molecular complexity index is 1300. The summed E-state index contributed by atoms with van der Waals surface area (Å²) < 4.78 is 39.8. The Morgan fingerprint density at radius 3 is 2.26 bits per heavy atom. The predicted octanol–water partition coefficient (Wildman–Crippen LogP) is 4.86. The predicted molar refractivity (Wildman–Crippen MR) is 122 cm³/mol. The SMILES string of the molecule is O=C(CCNC(=O)c1nc2ccccc2n1Cc1ccccc1)Nc1ccc(C(F)(F)F)cc1. The highest BCUT2D eigenvalue weighted by Crippen LogP contribution is 2.29. The summed E-state index contributed by atoms with van der Waals surface area (Å²) >= 11 is 0. The fraction of sp³-hybridized carbons (Fsp3) is 0.160. The number of fused-ring (bicyclic) bond motifs is 1. The lowest BCUT2D eigenvalue weighted by Crippen LogP contribution is -2.30. The van der Waals surface area contributed by atoms with Crippen LogP contribution in [-0.2, 0) is 17.5 Å². The molecule has 0 fully saturated rings. The van der Waals surface area contributed by atoms with Crippen LogP contribution in [0.4, 0.5) is 18.9 Å². The molecule has 1 heterocycles. The number of imidazole rings is 1. The Balaban J connectivity index is 1.39. The molecule has 0 bridgehead atoms. The van der Waals surface area contributed by atoms with Gasteiger partial charge in [0.15, 0.2) is 5.82 Å². The molecule has 0 aliphatic rings. The zero-order valence-corrected chi connectivity index (χ0v) is 18.0. The number of carbonyl (C=O) groups excluding carboxylic acids is 2. The summed E-state index contributed by atoms with van der Waals surface area (Å²) in [6, 6.07) is 21.3. The van der Waals surface area contributed by atoms with Crippen molar-refractivity contribution in [2.75, 3.05) is 11.9 Å². The highest BCUT2D eigenvalue weighted by Gasteiger charge is 2.30. The first-order chi connectivity index (χ1) is 16.3. The molecule has 2 amide bonds. The van der Waals surface area contributed by atoms with Gasteiger partial charge in [-0.1, -0.05) is 42.5 Å². The third-order valence-electron chi connectivity index (χ3n) is 5.17. The molecular formula is C25H21F3N4O2. The van der Waals surface area contributed by atoms with Crippen LogP contribution in [0.5, 0.6) is 0 Å². The Kier molecular flexibility index (Phi) is 6.62. The zero-order chi connectivity index (χ0) is 24.1. The van der Waals surface area contributed by atoms with Crippen molar-refractivity contribution in [2.45, 2.75) is 19.1 Å². The molecule has 2 N–H and O–H groups in total. The smallest absolute Gasteiger partial charge is 0.349 e. The number of alkyl halides is 3. The number of aromatic nitrogens is 2. The van der Waals surface area contributed by atoms with E-state index in [0.29, 0.717) is 12.1 Å². The van der Waals surface area contributed by atoms with Gasteiger partial charge >= 0.3 is 6.18 Å². The lowest BCUT2D eigenvalue weighted by atomic mass is 10.2. The Labute approximate surface area is 193 Å². The summed E-state index contributed by atoms with van der Waals surface area (Å²) in [5.74, 6) is -0.625. The summed E-state index contributed by atoms with van der Waals surface area (Å²) in [4.78, 5) is 29.5. The first-order valence-corrected chi connectivity index (χ1v) is 10.6. The fourth-order valence-corrected chi connectivity index (χ4v) is 3.51. The van der Waals surface area contributed by atoms with Crippen molar-refractivity contribution >= 4 is 28.5 Å². The lowest BCUT2D eigenvalue weighted by Gasteiger charge is -2.11. The van der Waals surface area contributed by atoms with E-state index in [4.69, 9.17) is 0 Å². The number of hydrogen-bond acceptors (Lipinski definition) is 3. The second kappa shape index (κ2) is 9.78. The molecule has 0 atom stereocenters. The lowest BCUT2D eigenvalue weighted by molar-refractivity contribution is -0.137. The molecule has 34 heavy (non-hydrogen) atoms. The van der Waals surface area contributed by atoms with Crippen LogP contribution in [0.3, 0.4) is 0 Å². The number of nitrogens with zero attached hydrogens (tertiary/aromatic N) is 2. The molecule has 6 nitrogen and oxygen atoms in total. The van der Waals surface area contributed by atoms with Crippen LogP contribution in [0.2, 0.25) is 0 Å². The number of hydrogen-bond donors (Lipinski definition) is 2. The number of anilines is 1. The van der Waals surface area contributed by atoms with E-state index in [0.717, 1.165) is 23.2 Å². The maximum absolute atomic E-state index is 12.9. The minimum Gasteiger partial charge on any atom is -0.349 e. The number of benzene rings is 3. The summed E-state index contributed by atoms with van der Waals surface area (Å²) in [6.07, 6.45) is -4.49. The molecule has 0 aliphatic heterocycles. The third-order valence-corrected chi connectivity index (χ3v) is 5.17. The Hall–Kier alpha value is -4.14. The van der Waals surface area contributed by atoms with Gasteiger partial charge in [0.1, 0.15) is 0 Å². The second-order valence-electron chi connectivity index (χ2n) is 7.63. The number of amides is 2. The number of rotatable bonds is 7. The highest BCUT2D eigenvalue weighted by atomic mass is 19.4. The van der Waals surface area contributed by atoms with E-state index in [-0.39, 0.29) is 24.5 Å². The van der Waals surface area contributed by atoms with Gasteiger partial charge in [-0.3, -0.25) is 9.59 Å². The topological polar surface area (TPSA) is 76.0 Å². The van der Waals surface area contributed by atoms with E-state index < -0.39 is 23.6 Å². The van der Waals surface area contributed by atoms with Crippen LogP contribution in [0, 0.1) is 0 Å². The van der Waals surface area contributed by atoms with Crippen LogP contribution in [0.25, 0.3) is 11.0 Å². The van der Waals surface area contributed by atoms with Crippen molar-refractivity contribution in [1.82, 2.24) is 14.9 Å². The van der Waals surface area contributed by atoms with Crippen LogP contribution >= 0.6 is 0 Å². The molecule has 0 unspecified atom stereocenters. The van der Waals surface area contributed by atoms with E-state index in [2.05, 4.69) is 15.6 Å². The number of nitrogens with one attached hydrogen (secondary N) is 2. The van der Waals surface area contributed by atoms with Gasteiger partial charge in [-0.15, -0.1) is 0 Å². The monoisotopic (exact) mass is 466 g/mol. The average molecular weight is 466 g/mol. The van der Waals surface area contributed by atoms with E-state index >= 15 is 0 Å². The molecule has 174 valence electrons. The summed E-state index contributed by atoms with van der Waals surface area (Å²) in [6.45, 7) is 0.498. The third kappa shape index (κ3) is 5.43. The van der Waals surface area contributed by atoms with Crippen molar-refractivity contribution in [3.05, 3.63) is 95.8 Å². The van der Waals surface area contributed by atoms with Crippen LogP contribution in [0.1, 0.15) is 28.2 Å². The minimum atomic E-state index is -4.44. The molecule has 0 radical (unpaired) electrons. The number of para-hydroxylation sites is 2. The molecule has 0 saturated heterocycles. The van der Waals surface area contributed by atoms with Crippen molar-refractivity contribution in [3.8, 4) is 0 Å². The summed E-state index contributed by atoms with van der Waals surface area (Å²) in [5.41, 5.74) is 1.96. The first kappa shape index (κ1) is 23.0. The quantitative estimate of drug-likeness (QED) is 0.408. The summed E-state index contributed by atoms with van der Waals surface area (Å²) in [7, 11) is 0. The normalized spacial score (nSPS) is 11.4. The molecule has 0 aliphatic carbocycles. The van der Waals surface area contributed by atoms with Gasteiger partial charge in [0.2, 0.25) is 5.91 Å². The highest BCUT2D eigenvalue weighted by molar-refractivity contribution is 5.96. The van der Waals surface area contributed by atoms with Gasteiger partial charge in [0.05, 0.1) is 16.6 Å². The van der Waals surface area contributed by atoms with E-state index in [1.54, 1.807) is 0 Å². The van der Waals surface area contributed by atoms with Gasteiger partial charge in [-0.05, 0) is 42.0 Å².